The van der Waals surface area contributed by atoms with E-state index in [0.717, 1.165) is 40.9 Å². The maximum absolute atomic E-state index is 12.0. The van der Waals surface area contributed by atoms with E-state index < -0.39 is 0 Å². The van der Waals surface area contributed by atoms with Crippen LogP contribution in [0.2, 0.25) is 0 Å². The summed E-state index contributed by atoms with van der Waals surface area (Å²) in [6, 6.07) is 5.26. The predicted octanol–water partition coefficient (Wildman–Crippen LogP) is 2.33. The van der Waals surface area contributed by atoms with E-state index in [0.29, 0.717) is 12.2 Å². The molecular formula is C16H20N6O2. The van der Waals surface area contributed by atoms with Gasteiger partial charge in [0.2, 0.25) is 0 Å². The zero-order chi connectivity index (χ0) is 17.1. The standard InChI is InChI=1S/C16H20N6O2/c1-10-13(11(2)24-20-10)5-4-8-17-16(23)18-12-6-7-15-14(9-12)19-21-22(15)3/h6-7,9H,4-5,8H2,1-3H3,(H2,17,18,23). The van der Waals surface area contributed by atoms with Gasteiger partial charge < -0.3 is 15.2 Å². The van der Waals surface area contributed by atoms with E-state index in [1.165, 1.54) is 0 Å². The summed E-state index contributed by atoms with van der Waals surface area (Å²) >= 11 is 0. The van der Waals surface area contributed by atoms with Crippen molar-refractivity contribution in [2.75, 3.05) is 11.9 Å². The fourth-order valence-electron chi connectivity index (χ4n) is 2.62. The Kier molecular flexibility index (Phi) is 4.45. The Morgan fingerprint density at radius 2 is 2.17 bits per heavy atom. The van der Waals surface area contributed by atoms with Crippen molar-refractivity contribution in [2.24, 2.45) is 7.05 Å². The van der Waals surface area contributed by atoms with Crippen molar-refractivity contribution in [2.45, 2.75) is 26.7 Å². The maximum atomic E-state index is 12.0. The van der Waals surface area contributed by atoms with Crippen LogP contribution >= 0.6 is 0 Å². The number of fused-ring (bicyclic) bond motifs is 1. The minimum absolute atomic E-state index is 0.239. The predicted molar refractivity (Wildman–Crippen MR) is 89.8 cm³/mol. The summed E-state index contributed by atoms with van der Waals surface area (Å²) in [6.45, 7) is 4.40. The van der Waals surface area contributed by atoms with Gasteiger partial charge >= 0.3 is 6.03 Å². The number of amides is 2. The summed E-state index contributed by atoms with van der Waals surface area (Å²) in [7, 11) is 1.83. The number of nitrogens with zero attached hydrogens (tertiary/aromatic N) is 4. The van der Waals surface area contributed by atoms with Gasteiger partial charge in [0.15, 0.2) is 0 Å². The van der Waals surface area contributed by atoms with E-state index >= 15 is 0 Å². The van der Waals surface area contributed by atoms with E-state index in [-0.39, 0.29) is 6.03 Å². The van der Waals surface area contributed by atoms with Gasteiger partial charge in [0.05, 0.1) is 11.2 Å². The second-order valence-electron chi connectivity index (χ2n) is 5.70. The molecule has 3 aromatic rings. The van der Waals surface area contributed by atoms with Crippen LogP contribution in [0.15, 0.2) is 22.7 Å². The van der Waals surface area contributed by atoms with Gasteiger partial charge in [-0.3, -0.25) is 0 Å². The molecule has 0 aliphatic rings. The van der Waals surface area contributed by atoms with Gasteiger partial charge in [-0.2, -0.15) is 0 Å². The molecule has 0 atom stereocenters. The normalized spacial score (nSPS) is 11.0. The molecule has 0 radical (unpaired) electrons. The van der Waals surface area contributed by atoms with Crippen molar-refractivity contribution in [1.29, 1.82) is 0 Å². The molecule has 3 rings (SSSR count). The number of hydrogen-bond donors (Lipinski definition) is 2. The molecule has 8 nitrogen and oxygen atoms in total. The number of nitrogens with one attached hydrogen (secondary N) is 2. The molecule has 24 heavy (non-hydrogen) atoms. The monoisotopic (exact) mass is 328 g/mol. The summed E-state index contributed by atoms with van der Waals surface area (Å²) in [5, 5.41) is 17.5. The molecule has 2 aromatic heterocycles. The molecule has 0 saturated carbocycles. The number of aryl methyl sites for hydroxylation is 3. The number of benzene rings is 1. The third kappa shape index (κ3) is 3.37. The molecule has 0 aliphatic carbocycles. The van der Waals surface area contributed by atoms with E-state index in [1.54, 1.807) is 10.7 Å². The SMILES string of the molecule is Cc1noc(C)c1CCCNC(=O)Nc1ccc2c(c1)nnn2C. The van der Waals surface area contributed by atoms with Crippen molar-refractivity contribution in [1.82, 2.24) is 25.5 Å². The topological polar surface area (TPSA) is 97.9 Å². The largest absolute Gasteiger partial charge is 0.361 e. The number of hydrogen-bond acceptors (Lipinski definition) is 5. The van der Waals surface area contributed by atoms with Crippen LogP contribution in [0.25, 0.3) is 11.0 Å². The zero-order valence-corrected chi connectivity index (χ0v) is 14.0. The van der Waals surface area contributed by atoms with E-state index in [9.17, 15) is 4.79 Å². The first-order valence-electron chi connectivity index (χ1n) is 7.80. The van der Waals surface area contributed by atoms with Crippen molar-refractivity contribution < 1.29 is 9.32 Å². The summed E-state index contributed by atoms with van der Waals surface area (Å²) < 4.78 is 6.82. The molecule has 0 fully saturated rings. The van der Waals surface area contributed by atoms with Crippen molar-refractivity contribution in [3.8, 4) is 0 Å². The Labute approximate surface area is 139 Å². The molecule has 1 aromatic carbocycles. The summed E-state index contributed by atoms with van der Waals surface area (Å²) in [6.07, 6.45) is 1.65. The number of rotatable bonds is 5. The average molecular weight is 328 g/mol. The van der Waals surface area contributed by atoms with Gasteiger partial charge in [-0.15, -0.1) is 5.10 Å². The highest BCUT2D eigenvalue weighted by Gasteiger charge is 2.09. The zero-order valence-electron chi connectivity index (χ0n) is 14.0. The fourth-order valence-corrected chi connectivity index (χ4v) is 2.62. The van der Waals surface area contributed by atoms with Crippen molar-refractivity contribution in [3.63, 3.8) is 0 Å². The highest BCUT2D eigenvalue weighted by Crippen LogP contribution is 2.16. The van der Waals surface area contributed by atoms with E-state index in [4.69, 9.17) is 4.52 Å². The molecule has 2 heterocycles. The molecule has 126 valence electrons. The van der Waals surface area contributed by atoms with Crippen LogP contribution in [-0.2, 0) is 13.5 Å². The van der Waals surface area contributed by atoms with Crippen LogP contribution in [-0.4, -0.2) is 32.7 Å². The summed E-state index contributed by atoms with van der Waals surface area (Å²) in [5.41, 5.74) is 4.37. The smallest absolute Gasteiger partial charge is 0.319 e. The van der Waals surface area contributed by atoms with Crippen LogP contribution in [0.4, 0.5) is 10.5 Å². The molecular weight excluding hydrogens is 308 g/mol. The van der Waals surface area contributed by atoms with Gasteiger partial charge in [-0.05, 0) is 44.9 Å². The fraction of sp³-hybridized carbons (Fsp3) is 0.375. The quantitative estimate of drug-likeness (QED) is 0.701. The van der Waals surface area contributed by atoms with Crippen molar-refractivity contribution >= 4 is 22.8 Å². The van der Waals surface area contributed by atoms with Gasteiger partial charge in [0.1, 0.15) is 11.3 Å². The molecule has 0 spiro atoms. The minimum Gasteiger partial charge on any atom is -0.361 e. The Hall–Kier alpha value is -2.90. The van der Waals surface area contributed by atoms with Gasteiger partial charge in [0.25, 0.3) is 0 Å². The first-order valence-corrected chi connectivity index (χ1v) is 7.80. The van der Waals surface area contributed by atoms with E-state index in [1.807, 2.05) is 33.0 Å². The highest BCUT2D eigenvalue weighted by molar-refractivity contribution is 5.91. The lowest BCUT2D eigenvalue weighted by Crippen LogP contribution is -2.29. The van der Waals surface area contributed by atoms with Gasteiger partial charge in [0, 0.05) is 24.8 Å². The first kappa shape index (κ1) is 16.0. The number of carbonyl (C=O) groups is 1. The third-order valence-electron chi connectivity index (χ3n) is 3.94. The lowest BCUT2D eigenvalue weighted by Gasteiger charge is -2.07. The lowest BCUT2D eigenvalue weighted by molar-refractivity contribution is 0.252. The van der Waals surface area contributed by atoms with Crippen LogP contribution < -0.4 is 10.6 Å². The van der Waals surface area contributed by atoms with Crippen LogP contribution in [0.1, 0.15) is 23.4 Å². The molecule has 2 N–H and O–H groups in total. The molecule has 8 heteroatoms. The number of carbonyl (C=O) groups excluding carboxylic acids is 1. The lowest BCUT2D eigenvalue weighted by atomic mass is 10.1. The molecule has 0 unspecified atom stereocenters. The van der Waals surface area contributed by atoms with Gasteiger partial charge in [-0.25, -0.2) is 9.48 Å². The Balaban J connectivity index is 1.48. The van der Waals surface area contributed by atoms with Crippen molar-refractivity contribution in [3.05, 3.63) is 35.2 Å². The first-order chi connectivity index (χ1) is 11.5. The molecule has 0 saturated heterocycles. The summed E-state index contributed by atoms with van der Waals surface area (Å²) in [5.74, 6) is 0.842. The summed E-state index contributed by atoms with van der Waals surface area (Å²) in [4.78, 5) is 12.0. The minimum atomic E-state index is -0.239. The molecule has 0 bridgehead atoms. The van der Waals surface area contributed by atoms with Gasteiger partial charge in [-0.1, -0.05) is 10.4 Å². The Bertz CT molecular complexity index is 847. The van der Waals surface area contributed by atoms with E-state index in [2.05, 4.69) is 26.1 Å². The Morgan fingerprint density at radius 1 is 1.33 bits per heavy atom. The molecule has 0 aliphatic heterocycles. The second-order valence-corrected chi connectivity index (χ2v) is 5.70. The van der Waals surface area contributed by atoms with Crippen LogP contribution in [0.5, 0.6) is 0 Å². The maximum Gasteiger partial charge on any atom is 0.319 e. The Morgan fingerprint density at radius 3 is 2.92 bits per heavy atom. The van der Waals surface area contributed by atoms with Crippen LogP contribution in [0.3, 0.4) is 0 Å². The third-order valence-corrected chi connectivity index (χ3v) is 3.94. The molecule has 2 amide bonds. The number of anilines is 1. The second kappa shape index (κ2) is 6.69. The number of aromatic nitrogens is 4. The average Bonchev–Trinajstić information content (AvgIpc) is 3.07. The highest BCUT2D eigenvalue weighted by atomic mass is 16.5. The van der Waals surface area contributed by atoms with Crippen LogP contribution in [0, 0.1) is 13.8 Å². The number of urea groups is 1.